The summed E-state index contributed by atoms with van der Waals surface area (Å²) in [5.74, 6) is -0.0740. The first-order valence-corrected chi connectivity index (χ1v) is 8.83. The summed E-state index contributed by atoms with van der Waals surface area (Å²) in [6, 6.07) is 17.4. The summed E-state index contributed by atoms with van der Waals surface area (Å²) in [7, 11) is 0. The van der Waals surface area contributed by atoms with Crippen molar-refractivity contribution in [2.75, 3.05) is 19.7 Å². The second-order valence-electron chi connectivity index (χ2n) is 6.85. The molecule has 0 bridgehead atoms. The Hall–Kier alpha value is -2.82. The number of para-hydroxylation sites is 1. The van der Waals surface area contributed by atoms with Crippen molar-refractivity contribution in [2.24, 2.45) is 17.6 Å². The van der Waals surface area contributed by atoms with Crippen molar-refractivity contribution in [1.29, 1.82) is 0 Å². The molecule has 0 aromatic heterocycles. The minimum atomic E-state index is -0.378. The van der Waals surface area contributed by atoms with Crippen molar-refractivity contribution in [3.05, 3.63) is 65.7 Å². The van der Waals surface area contributed by atoms with E-state index in [9.17, 15) is 9.59 Å². The second-order valence-corrected chi connectivity index (χ2v) is 6.85. The van der Waals surface area contributed by atoms with Crippen LogP contribution in [0.15, 0.2) is 54.6 Å². The van der Waals surface area contributed by atoms with E-state index in [0.717, 1.165) is 16.9 Å². The average Bonchev–Trinajstić information content (AvgIpc) is 3.07. The Balaban J connectivity index is 1.61. The van der Waals surface area contributed by atoms with Gasteiger partial charge in [-0.05, 0) is 24.6 Å². The molecule has 1 aliphatic rings. The number of aryl methyl sites for hydroxylation is 1. The van der Waals surface area contributed by atoms with Crippen LogP contribution in [-0.2, 0) is 16.0 Å². The van der Waals surface area contributed by atoms with Gasteiger partial charge in [-0.1, -0.05) is 48.0 Å². The van der Waals surface area contributed by atoms with E-state index in [0.29, 0.717) is 26.1 Å². The van der Waals surface area contributed by atoms with Crippen molar-refractivity contribution < 1.29 is 14.3 Å². The number of amides is 2. The molecular formula is C21H24N2O3. The van der Waals surface area contributed by atoms with Crippen LogP contribution in [0.1, 0.15) is 11.1 Å². The molecule has 1 aliphatic heterocycles. The highest BCUT2D eigenvalue weighted by Gasteiger charge is 2.38. The van der Waals surface area contributed by atoms with Gasteiger partial charge in [0, 0.05) is 19.0 Å². The van der Waals surface area contributed by atoms with Crippen molar-refractivity contribution in [1.82, 2.24) is 4.90 Å². The maximum atomic E-state index is 12.6. The highest BCUT2D eigenvalue weighted by atomic mass is 16.5. The van der Waals surface area contributed by atoms with Crippen LogP contribution in [0.5, 0.6) is 5.75 Å². The quantitative estimate of drug-likeness (QED) is 0.866. The van der Waals surface area contributed by atoms with Crippen LogP contribution in [0.4, 0.5) is 0 Å². The number of hydrogen-bond donors (Lipinski definition) is 1. The normalized spacial score (nSPS) is 19.3. The molecule has 0 radical (unpaired) electrons. The van der Waals surface area contributed by atoms with Gasteiger partial charge < -0.3 is 15.4 Å². The summed E-state index contributed by atoms with van der Waals surface area (Å²) < 4.78 is 5.78. The van der Waals surface area contributed by atoms with Crippen molar-refractivity contribution >= 4 is 11.8 Å². The highest BCUT2D eigenvalue weighted by molar-refractivity contribution is 5.82. The number of nitrogens with two attached hydrogens (primary N) is 1. The van der Waals surface area contributed by atoms with Crippen LogP contribution in [0.3, 0.4) is 0 Å². The summed E-state index contributed by atoms with van der Waals surface area (Å²) in [5.41, 5.74) is 7.69. The average molecular weight is 352 g/mol. The highest BCUT2D eigenvalue weighted by Crippen LogP contribution is 2.25. The Morgan fingerprint density at radius 2 is 1.77 bits per heavy atom. The maximum absolute atomic E-state index is 12.6. The van der Waals surface area contributed by atoms with Gasteiger partial charge in [-0.3, -0.25) is 9.59 Å². The van der Waals surface area contributed by atoms with Gasteiger partial charge in [0.05, 0.1) is 18.9 Å². The molecule has 0 spiro atoms. The van der Waals surface area contributed by atoms with E-state index in [-0.39, 0.29) is 23.7 Å². The number of benzene rings is 2. The van der Waals surface area contributed by atoms with Crippen LogP contribution in [0.25, 0.3) is 0 Å². The predicted octanol–water partition coefficient (Wildman–Crippen LogP) is 2.18. The molecule has 136 valence electrons. The molecule has 5 nitrogen and oxygen atoms in total. The minimum Gasteiger partial charge on any atom is -0.493 e. The van der Waals surface area contributed by atoms with Crippen LogP contribution < -0.4 is 10.5 Å². The van der Waals surface area contributed by atoms with Gasteiger partial charge >= 0.3 is 0 Å². The molecule has 2 aromatic carbocycles. The molecule has 1 fully saturated rings. The number of nitrogens with zero attached hydrogens (tertiary/aromatic N) is 1. The van der Waals surface area contributed by atoms with E-state index in [1.54, 1.807) is 4.90 Å². The van der Waals surface area contributed by atoms with E-state index in [1.165, 1.54) is 0 Å². The molecule has 0 aliphatic carbocycles. The Morgan fingerprint density at radius 3 is 2.42 bits per heavy atom. The number of rotatable bonds is 6. The standard InChI is InChI=1S/C21H24N2O3/c1-15-7-9-16(10-8-15)11-20(24)23-12-17(19(13-23)21(22)25)14-26-18-5-3-2-4-6-18/h2-10,17,19H,11-14H2,1H3,(H2,22,25)/t17-,19+/m0/s1. The third-order valence-corrected chi connectivity index (χ3v) is 4.84. The Labute approximate surface area is 153 Å². The molecule has 5 heteroatoms. The first kappa shape index (κ1) is 18.0. The van der Waals surface area contributed by atoms with E-state index >= 15 is 0 Å². The summed E-state index contributed by atoms with van der Waals surface area (Å²) in [5, 5.41) is 0. The van der Waals surface area contributed by atoms with Gasteiger partial charge in [0.2, 0.25) is 11.8 Å². The third kappa shape index (κ3) is 4.42. The monoisotopic (exact) mass is 352 g/mol. The lowest BCUT2D eigenvalue weighted by Gasteiger charge is -2.17. The van der Waals surface area contributed by atoms with E-state index in [1.807, 2.05) is 61.5 Å². The van der Waals surface area contributed by atoms with Gasteiger partial charge in [0.25, 0.3) is 0 Å². The van der Waals surface area contributed by atoms with Gasteiger partial charge in [-0.2, -0.15) is 0 Å². The fourth-order valence-electron chi connectivity index (χ4n) is 3.28. The molecule has 0 unspecified atom stereocenters. The maximum Gasteiger partial charge on any atom is 0.227 e. The third-order valence-electron chi connectivity index (χ3n) is 4.84. The molecule has 1 saturated heterocycles. The lowest BCUT2D eigenvalue weighted by molar-refractivity contribution is -0.129. The first-order chi connectivity index (χ1) is 12.5. The lowest BCUT2D eigenvalue weighted by Crippen LogP contribution is -2.33. The second kappa shape index (κ2) is 8.04. The Morgan fingerprint density at radius 1 is 1.08 bits per heavy atom. The topological polar surface area (TPSA) is 72.6 Å². The van der Waals surface area contributed by atoms with Gasteiger partial charge in [0.1, 0.15) is 5.75 Å². The zero-order chi connectivity index (χ0) is 18.5. The molecule has 2 amide bonds. The molecule has 26 heavy (non-hydrogen) atoms. The van der Waals surface area contributed by atoms with Gasteiger partial charge in [-0.15, -0.1) is 0 Å². The fourth-order valence-corrected chi connectivity index (χ4v) is 3.28. The number of likely N-dealkylation sites (tertiary alicyclic amines) is 1. The number of hydrogen-bond acceptors (Lipinski definition) is 3. The number of ether oxygens (including phenoxy) is 1. The minimum absolute atomic E-state index is 0.0160. The predicted molar refractivity (Wildman–Crippen MR) is 99.6 cm³/mol. The molecule has 2 aromatic rings. The van der Waals surface area contributed by atoms with Gasteiger partial charge in [0.15, 0.2) is 0 Å². The van der Waals surface area contributed by atoms with E-state index < -0.39 is 0 Å². The molecule has 0 saturated carbocycles. The number of carbonyl (C=O) groups is 2. The van der Waals surface area contributed by atoms with Crippen LogP contribution in [0.2, 0.25) is 0 Å². The Bertz CT molecular complexity index is 759. The fraction of sp³-hybridized carbons (Fsp3) is 0.333. The van der Waals surface area contributed by atoms with Crippen molar-refractivity contribution in [3.63, 3.8) is 0 Å². The van der Waals surface area contributed by atoms with Crippen LogP contribution in [-0.4, -0.2) is 36.4 Å². The summed E-state index contributed by atoms with van der Waals surface area (Å²) in [6.45, 7) is 3.24. The zero-order valence-electron chi connectivity index (χ0n) is 14.9. The molecule has 2 N–H and O–H groups in total. The summed E-state index contributed by atoms with van der Waals surface area (Å²) in [4.78, 5) is 26.2. The Kier molecular flexibility index (Phi) is 5.56. The van der Waals surface area contributed by atoms with Gasteiger partial charge in [-0.25, -0.2) is 0 Å². The summed E-state index contributed by atoms with van der Waals surface area (Å²) >= 11 is 0. The number of primary amides is 1. The van der Waals surface area contributed by atoms with Crippen LogP contribution in [0, 0.1) is 18.8 Å². The summed E-state index contributed by atoms with van der Waals surface area (Å²) in [6.07, 6.45) is 0.331. The molecular weight excluding hydrogens is 328 g/mol. The number of carbonyl (C=O) groups excluding carboxylic acids is 2. The van der Waals surface area contributed by atoms with Crippen molar-refractivity contribution in [3.8, 4) is 5.75 Å². The van der Waals surface area contributed by atoms with Crippen LogP contribution >= 0.6 is 0 Å². The molecule has 1 heterocycles. The SMILES string of the molecule is Cc1ccc(CC(=O)N2C[C@@H](COc3ccccc3)[C@H](C(N)=O)C2)cc1. The zero-order valence-corrected chi connectivity index (χ0v) is 14.9. The lowest BCUT2D eigenvalue weighted by atomic mass is 9.96. The largest absolute Gasteiger partial charge is 0.493 e. The molecule has 2 atom stereocenters. The molecule has 3 rings (SSSR count). The van der Waals surface area contributed by atoms with E-state index in [2.05, 4.69) is 0 Å². The van der Waals surface area contributed by atoms with Crippen molar-refractivity contribution in [2.45, 2.75) is 13.3 Å². The van der Waals surface area contributed by atoms with E-state index in [4.69, 9.17) is 10.5 Å². The smallest absolute Gasteiger partial charge is 0.227 e. The first-order valence-electron chi connectivity index (χ1n) is 8.83.